The summed E-state index contributed by atoms with van der Waals surface area (Å²) in [7, 11) is 0. The van der Waals surface area contributed by atoms with Crippen molar-refractivity contribution in [3.63, 3.8) is 0 Å². The van der Waals surface area contributed by atoms with Gasteiger partial charge in [-0.15, -0.1) is 0 Å². The zero-order valence-electron chi connectivity index (χ0n) is 13.0. The number of aliphatic carboxylic acids is 1. The molecule has 0 saturated carbocycles. The Kier molecular flexibility index (Phi) is 8.42. The van der Waals surface area contributed by atoms with Crippen LogP contribution in [0.15, 0.2) is 42.5 Å². The van der Waals surface area contributed by atoms with Crippen molar-refractivity contribution < 1.29 is 70.8 Å². The Morgan fingerprint density at radius 1 is 0.957 bits per heavy atom. The van der Waals surface area contributed by atoms with Crippen LogP contribution in [0.3, 0.4) is 0 Å². The third-order valence-electron chi connectivity index (χ3n) is 2.94. The number of nitrogen functional groups attached to an aromatic ring is 2. The molecule has 0 bridgehead atoms. The quantitative estimate of drug-likeness (QED) is 0.330. The van der Waals surface area contributed by atoms with Crippen molar-refractivity contribution in [2.45, 2.75) is 6.42 Å². The van der Waals surface area contributed by atoms with Gasteiger partial charge in [0.05, 0.1) is 11.4 Å². The Labute approximate surface area is 177 Å². The molecule has 7 heteroatoms. The summed E-state index contributed by atoms with van der Waals surface area (Å²) in [5, 5.41) is 10.5. The normalized spacial score (nSPS) is 9.74. The number of carboxylic acid groups (broad SMARTS) is 1. The Morgan fingerprint density at radius 2 is 1.57 bits per heavy atom. The van der Waals surface area contributed by atoms with Crippen LogP contribution in [0, 0.1) is 0 Å². The van der Waals surface area contributed by atoms with Crippen LogP contribution in [0.25, 0.3) is 0 Å². The summed E-state index contributed by atoms with van der Waals surface area (Å²) in [6, 6.07) is 12.0. The summed E-state index contributed by atoms with van der Waals surface area (Å²) in [6.45, 7) is 0.604. The number of benzene rings is 2. The van der Waals surface area contributed by atoms with Gasteiger partial charge in [0.25, 0.3) is 0 Å². The van der Waals surface area contributed by atoms with E-state index in [1.807, 2.05) is 12.1 Å². The van der Waals surface area contributed by atoms with Crippen molar-refractivity contribution >= 4 is 17.3 Å². The van der Waals surface area contributed by atoms with E-state index in [9.17, 15) is 9.90 Å². The molecule has 0 fully saturated rings. The second-order valence-corrected chi connectivity index (χ2v) is 4.66. The molecule has 0 aliphatic heterocycles. The smallest absolute Gasteiger partial charge is 0.550 e. The molecule has 0 spiro atoms. The number of rotatable bonds is 7. The van der Waals surface area contributed by atoms with Gasteiger partial charge in [0.2, 0.25) is 0 Å². The number of nitrogens with two attached hydrogens (primary N) is 2. The molecule has 23 heavy (non-hydrogen) atoms. The maximum atomic E-state index is 10.5. The van der Waals surface area contributed by atoms with Gasteiger partial charge in [0.1, 0.15) is 24.7 Å². The molecule has 0 aromatic heterocycles. The number of carbonyl (C=O) groups is 1. The van der Waals surface area contributed by atoms with Crippen molar-refractivity contribution in [1.82, 2.24) is 0 Å². The van der Waals surface area contributed by atoms with Gasteiger partial charge in [-0.2, -0.15) is 0 Å². The minimum atomic E-state index is -1.15. The summed E-state index contributed by atoms with van der Waals surface area (Å²) in [6.07, 6.45) is -0.180. The average molecular weight is 340 g/mol. The summed E-state index contributed by atoms with van der Waals surface area (Å²) < 4.78 is 11.0. The Bertz CT molecular complexity index is 664. The molecule has 0 radical (unpaired) electrons. The fraction of sp³-hybridized carbons (Fsp3) is 0.188. The second kappa shape index (κ2) is 9.79. The largest absolute Gasteiger partial charge is 1.00 e. The molecule has 0 amide bonds. The summed E-state index contributed by atoms with van der Waals surface area (Å²) >= 11 is 0. The number of para-hydroxylation sites is 2. The predicted molar refractivity (Wildman–Crippen MR) is 81.4 cm³/mol. The van der Waals surface area contributed by atoms with Crippen LogP contribution in [0.1, 0.15) is 5.56 Å². The molecule has 0 atom stereocenters. The molecule has 0 saturated heterocycles. The van der Waals surface area contributed by atoms with E-state index in [2.05, 4.69) is 0 Å². The minimum Gasteiger partial charge on any atom is -0.550 e. The molecule has 0 unspecified atom stereocenters. The number of hydrogen-bond donors (Lipinski definition) is 2. The van der Waals surface area contributed by atoms with Crippen LogP contribution < -0.4 is 77.4 Å². The average Bonchev–Trinajstić information content (AvgIpc) is 2.46. The van der Waals surface area contributed by atoms with E-state index >= 15 is 0 Å². The molecule has 0 aliphatic rings. The van der Waals surface area contributed by atoms with E-state index in [0.717, 1.165) is 0 Å². The first kappa shape index (κ1) is 19.8. The molecule has 4 N–H and O–H groups in total. The molecule has 2 aromatic carbocycles. The zero-order chi connectivity index (χ0) is 15.9. The van der Waals surface area contributed by atoms with Gasteiger partial charge in [0.15, 0.2) is 0 Å². The number of ether oxygens (including phenoxy) is 2. The van der Waals surface area contributed by atoms with Crippen molar-refractivity contribution in [3.8, 4) is 11.5 Å². The van der Waals surface area contributed by atoms with E-state index < -0.39 is 5.97 Å². The van der Waals surface area contributed by atoms with Crippen molar-refractivity contribution in [2.75, 3.05) is 24.7 Å². The third-order valence-corrected chi connectivity index (χ3v) is 2.94. The summed E-state index contributed by atoms with van der Waals surface area (Å²) in [5.74, 6) is -0.0722. The van der Waals surface area contributed by atoms with Crippen molar-refractivity contribution in [2.24, 2.45) is 0 Å². The fourth-order valence-electron chi connectivity index (χ4n) is 1.92. The van der Waals surface area contributed by atoms with Gasteiger partial charge in [-0.1, -0.05) is 18.2 Å². The predicted octanol–water partition coefficient (Wildman–Crippen LogP) is -2.39. The Balaban J connectivity index is 0.00000264. The molecule has 2 rings (SSSR count). The molecular weight excluding hydrogens is 323 g/mol. The third kappa shape index (κ3) is 6.40. The van der Waals surface area contributed by atoms with Gasteiger partial charge in [-0.25, -0.2) is 0 Å². The van der Waals surface area contributed by atoms with Gasteiger partial charge in [-0.05, 0) is 29.8 Å². The van der Waals surface area contributed by atoms with Crippen LogP contribution >= 0.6 is 0 Å². The zero-order valence-corrected chi connectivity index (χ0v) is 16.1. The van der Waals surface area contributed by atoms with E-state index in [4.69, 9.17) is 20.9 Å². The minimum absolute atomic E-state index is 0. The van der Waals surface area contributed by atoms with Gasteiger partial charge < -0.3 is 30.8 Å². The fourth-order valence-corrected chi connectivity index (χ4v) is 1.92. The van der Waals surface area contributed by atoms with E-state index in [1.54, 1.807) is 30.3 Å². The Morgan fingerprint density at radius 3 is 2.13 bits per heavy atom. The topological polar surface area (TPSA) is 111 Å². The van der Waals surface area contributed by atoms with Gasteiger partial charge in [0, 0.05) is 12.4 Å². The molecule has 6 nitrogen and oxygen atoms in total. The standard InChI is InChI=1S/C16H18N2O4.K/c17-12-3-1-2-4-14(12)21-7-8-22-15-6-5-11(9-13(15)18)10-16(19)20;/h1-6,9H,7-8,10,17-18H2,(H,19,20);/q;+1/p-1. The number of anilines is 2. The van der Waals surface area contributed by atoms with Crippen molar-refractivity contribution in [3.05, 3.63) is 48.0 Å². The Hall–Kier alpha value is -1.25. The maximum Gasteiger partial charge on any atom is 1.00 e. The SMILES string of the molecule is Nc1ccccc1OCCOc1ccc(CC(=O)[O-])cc1N.[K+]. The monoisotopic (exact) mass is 340 g/mol. The van der Waals surface area contributed by atoms with Crippen LogP contribution in [0.4, 0.5) is 11.4 Å². The van der Waals surface area contributed by atoms with E-state index in [0.29, 0.717) is 41.7 Å². The molecule has 2 aromatic rings. The molecule has 0 heterocycles. The van der Waals surface area contributed by atoms with Gasteiger partial charge in [-0.3, -0.25) is 0 Å². The van der Waals surface area contributed by atoms with E-state index in [-0.39, 0.29) is 57.8 Å². The number of carbonyl (C=O) groups excluding carboxylic acids is 1. The van der Waals surface area contributed by atoms with Gasteiger partial charge >= 0.3 is 51.4 Å². The first-order chi connectivity index (χ1) is 10.6. The summed E-state index contributed by atoms with van der Waals surface area (Å²) in [4.78, 5) is 10.5. The number of hydrogen-bond acceptors (Lipinski definition) is 6. The van der Waals surface area contributed by atoms with Crippen LogP contribution in [0.2, 0.25) is 0 Å². The van der Waals surface area contributed by atoms with Crippen LogP contribution in [-0.2, 0) is 11.2 Å². The summed E-state index contributed by atoms with van der Waals surface area (Å²) in [5.41, 5.74) is 13.1. The molecule has 0 aliphatic carbocycles. The van der Waals surface area contributed by atoms with Crippen LogP contribution in [-0.4, -0.2) is 19.2 Å². The molecular formula is C16H17KN2O4. The van der Waals surface area contributed by atoms with Crippen LogP contribution in [0.5, 0.6) is 11.5 Å². The first-order valence-corrected chi connectivity index (χ1v) is 6.74. The van der Waals surface area contributed by atoms with E-state index in [1.165, 1.54) is 0 Å². The number of carboxylic acids is 1. The van der Waals surface area contributed by atoms with Crippen molar-refractivity contribution in [1.29, 1.82) is 0 Å². The first-order valence-electron chi connectivity index (χ1n) is 6.74. The molecule has 116 valence electrons. The second-order valence-electron chi connectivity index (χ2n) is 4.66. The maximum absolute atomic E-state index is 10.5.